The first-order valence-electron chi connectivity index (χ1n) is 8.64. The molecule has 0 radical (unpaired) electrons. The summed E-state index contributed by atoms with van der Waals surface area (Å²) in [7, 11) is 0. The van der Waals surface area contributed by atoms with Gasteiger partial charge in [-0.05, 0) is 31.4 Å². The minimum absolute atomic E-state index is 0.326. The number of hydrogen-bond acceptors (Lipinski definition) is 3. The molecule has 1 aliphatic rings. The molecule has 2 rings (SSSR count). The van der Waals surface area contributed by atoms with Crippen molar-refractivity contribution < 1.29 is 27.4 Å². The topological polar surface area (TPSA) is 47.6 Å². The molecule has 1 aromatic carbocycles. The van der Waals surface area contributed by atoms with Crippen LogP contribution in [0.15, 0.2) is 24.3 Å². The summed E-state index contributed by atoms with van der Waals surface area (Å²) in [5.41, 5.74) is -0.885. The van der Waals surface area contributed by atoms with Crippen LogP contribution in [0, 0.1) is 0 Å². The van der Waals surface area contributed by atoms with E-state index in [9.17, 15) is 18.0 Å². The highest BCUT2D eigenvalue weighted by Gasteiger charge is 2.34. The van der Waals surface area contributed by atoms with Crippen molar-refractivity contribution in [2.45, 2.75) is 50.8 Å². The molecule has 0 saturated heterocycles. The number of halogens is 3. The lowest BCUT2D eigenvalue weighted by molar-refractivity contribution is -0.139. The number of alkyl halides is 3. The number of hydrogen-bond donors (Lipinski definition) is 1. The van der Waals surface area contributed by atoms with Crippen molar-refractivity contribution in [1.82, 2.24) is 5.32 Å². The van der Waals surface area contributed by atoms with Crippen molar-refractivity contribution in [2.75, 3.05) is 19.8 Å². The molecule has 4 nitrogen and oxygen atoms in total. The minimum atomic E-state index is -4.51. The van der Waals surface area contributed by atoms with Crippen molar-refractivity contribution >= 4 is 5.91 Å². The lowest BCUT2D eigenvalue weighted by Gasteiger charge is -2.21. The van der Waals surface area contributed by atoms with E-state index in [1.54, 1.807) is 0 Å². The van der Waals surface area contributed by atoms with E-state index in [2.05, 4.69) is 5.32 Å². The molecule has 0 bridgehead atoms. The number of nitrogens with one attached hydrogen (secondary N) is 1. The molecule has 1 saturated carbocycles. The summed E-state index contributed by atoms with van der Waals surface area (Å²) in [6.45, 7) is 0.537. The Bertz CT molecular complexity index is 543. The molecule has 140 valence electrons. The van der Waals surface area contributed by atoms with Gasteiger partial charge in [0.05, 0.1) is 11.7 Å². The fourth-order valence-corrected chi connectivity index (χ4v) is 2.80. The summed E-state index contributed by atoms with van der Waals surface area (Å²) >= 11 is 0. The predicted octanol–water partition coefficient (Wildman–Crippen LogP) is 3.94. The van der Waals surface area contributed by atoms with Crippen molar-refractivity contribution in [3.63, 3.8) is 0 Å². The Kier molecular flexibility index (Phi) is 7.55. The maximum atomic E-state index is 12.8. The number of benzene rings is 1. The molecular weight excluding hydrogens is 335 g/mol. The smallest absolute Gasteiger partial charge is 0.419 e. The van der Waals surface area contributed by atoms with E-state index in [4.69, 9.17) is 9.47 Å². The number of rotatable bonds is 8. The zero-order chi connectivity index (χ0) is 18.1. The van der Waals surface area contributed by atoms with E-state index in [-0.39, 0.29) is 5.75 Å². The average molecular weight is 359 g/mol. The molecule has 0 spiro atoms. The van der Waals surface area contributed by atoms with Crippen LogP contribution >= 0.6 is 0 Å². The molecule has 1 aliphatic carbocycles. The van der Waals surface area contributed by atoms with E-state index < -0.39 is 24.3 Å². The second-order valence-corrected chi connectivity index (χ2v) is 6.12. The maximum Gasteiger partial charge on any atom is 0.419 e. The van der Waals surface area contributed by atoms with Gasteiger partial charge in [-0.25, -0.2) is 0 Å². The summed E-state index contributed by atoms with van der Waals surface area (Å²) in [4.78, 5) is 11.7. The van der Waals surface area contributed by atoms with E-state index in [0.29, 0.717) is 25.7 Å². The van der Waals surface area contributed by atoms with Crippen molar-refractivity contribution in [2.24, 2.45) is 0 Å². The van der Waals surface area contributed by atoms with Crippen LogP contribution in [-0.2, 0) is 15.7 Å². The van der Waals surface area contributed by atoms with Crippen LogP contribution in [0.5, 0.6) is 5.75 Å². The fraction of sp³-hybridized carbons (Fsp3) is 0.611. The average Bonchev–Trinajstić information content (AvgIpc) is 2.60. The van der Waals surface area contributed by atoms with Gasteiger partial charge in [0.25, 0.3) is 5.91 Å². The zero-order valence-corrected chi connectivity index (χ0v) is 14.1. The third-order valence-corrected chi connectivity index (χ3v) is 4.10. The van der Waals surface area contributed by atoms with Crippen LogP contribution in [0.25, 0.3) is 0 Å². The van der Waals surface area contributed by atoms with Crippen LogP contribution in [0.3, 0.4) is 0 Å². The monoisotopic (exact) mass is 359 g/mol. The first kappa shape index (κ1) is 19.6. The lowest BCUT2D eigenvalue weighted by Crippen LogP contribution is -2.31. The summed E-state index contributed by atoms with van der Waals surface area (Å²) in [6, 6.07) is 4.84. The van der Waals surface area contributed by atoms with Gasteiger partial charge in [-0.3, -0.25) is 4.79 Å². The van der Waals surface area contributed by atoms with Gasteiger partial charge in [0.2, 0.25) is 0 Å². The normalized spacial score (nSPS) is 15.8. The molecule has 0 aromatic heterocycles. The fourth-order valence-electron chi connectivity index (χ4n) is 2.80. The molecule has 25 heavy (non-hydrogen) atoms. The van der Waals surface area contributed by atoms with E-state index in [1.807, 2.05) is 0 Å². The van der Waals surface area contributed by atoms with Gasteiger partial charge < -0.3 is 14.8 Å². The third-order valence-electron chi connectivity index (χ3n) is 4.10. The Hall–Kier alpha value is -1.76. The molecule has 1 N–H and O–H groups in total. The maximum absolute atomic E-state index is 12.8. The molecule has 1 amide bonds. The van der Waals surface area contributed by atoms with Gasteiger partial charge in [-0.1, -0.05) is 31.4 Å². The Balaban J connectivity index is 1.63. The highest BCUT2D eigenvalue weighted by molar-refractivity contribution is 5.77. The SMILES string of the molecule is O=C(COc1ccccc1C(F)(F)F)NCCCOC1CCCCC1. The van der Waals surface area contributed by atoms with Crippen LogP contribution < -0.4 is 10.1 Å². The number of carbonyl (C=O) groups excluding carboxylic acids is 1. The van der Waals surface area contributed by atoms with Gasteiger partial charge in [0.1, 0.15) is 5.75 Å². The molecule has 1 fully saturated rings. The lowest BCUT2D eigenvalue weighted by atomic mass is 9.98. The van der Waals surface area contributed by atoms with Crippen LogP contribution in [-0.4, -0.2) is 31.8 Å². The van der Waals surface area contributed by atoms with Gasteiger partial charge in [-0.15, -0.1) is 0 Å². The van der Waals surface area contributed by atoms with Gasteiger partial charge in [0, 0.05) is 13.2 Å². The Morgan fingerprint density at radius 1 is 1.16 bits per heavy atom. The first-order valence-corrected chi connectivity index (χ1v) is 8.64. The summed E-state index contributed by atoms with van der Waals surface area (Å²) in [6.07, 6.45) is 2.36. The van der Waals surface area contributed by atoms with Crippen molar-refractivity contribution in [1.29, 1.82) is 0 Å². The van der Waals surface area contributed by atoms with E-state index >= 15 is 0 Å². The van der Waals surface area contributed by atoms with Gasteiger partial charge >= 0.3 is 6.18 Å². The largest absolute Gasteiger partial charge is 0.483 e. The molecule has 7 heteroatoms. The molecule has 0 unspecified atom stereocenters. The quantitative estimate of drug-likeness (QED) is 0.715. The Morgan fingerprint density at radius 3 is 2.60 bits per heavy atom. The first-order chi connectivity index (χ1) is 12.0. The molecule has 0 atom stereocenters. The Labute approximate surface area is 145 Å². The number of para-hydroxylation sites is 1. The van der Waals surface area contributed by atoms with E-state index in [0.717, 1.165) is 18.9 Å². The minimum Gasteiger partial charge on any atom is -0.483 e. The van der Waals surface area contributed by atoms with Crippen LogP contribution in [0.2, 0.25) is 0 Å². The summed E-state index contributed by atoms with van der Waals surface area (Å²) < 4.78 is 49.2. The molecular formula is C18H24F3NO3. The second-order valence-electron chi connectivity index (χ2n) is 6.12. The molecule has 0 aliphatic heterocycles. The summed E-state index contributed by atoms with van der Waals surface area (Å²) in [5.74, 6) is -0.791. The van der Waals surface area contributed by atoms with Crippen molar-refractivity contribution in [3.8, 4) is 5.75 Å². The summed E-state index contributed by atoms with van der Waals surface area (Å²) in [5, 5.41) is 2.62. The van der Waals surface area contributed by atoms with Crippen LogP contribution in [0.1, 0.15) is 44.1 Å². The van der Waals surface area contributed by atoms with Gasteiger partial charge in [0.15, 0.2) is 6.61 Å². The number of ether oxygens (including phenoxy) is 2. The number of amides is 1. The molecule has 1 aromatic rings. The van der Waals surface area contributed by atoms with Crippen LogP contribution in [0.4, 0.5) is 13.2 Å². The van der Waals surface area contributed by atoms with Crippen molar-refractivity contribution in [3.05, 3.63) is 29.8 Å². The zero-order valence-electron chi connectivity index (χ0n) is 14.1. The van der Waals surface area contributed by atoms with E-state index in [1.165, 1.54) is 37.5 Å². The predicted molar refractivity (Wildman–Crippen MR) is 87.4 cm³/mol. The standard InChI is InChI=1S/C18H24F3NO3/c19-18(20,21)15-9-4-5-10-16(15)25-13-17(23)22-11-6-12-24-14-7-2-1-3-8-14/h4-5,9-10,14H,1-3,6-8,11-13H2,(H,22,23). The third kappa shape index (κ3) is 6.94. The van der Waals surface area contributed by atoms with Gasteiger partial charge in [-0.2, -0.15) is 13.2 Å². The second kappa shape index (κ2) is 9.65. The highest BCUT2D eigenvalue weighted by atomic mass is 19.4. The highest BCUT2D eigenvalue weighted by Crippen LogP contribution is 2.35. The molecule has 0 heterocycles. The number of carbonyl (C=O) groups is 1. The Morgan fingerprint density at radius 2 is 1.88 bits per heavy atom.